The highest BCUT2D eigenvalue weighted by Crippen LogP contribution is 2.23. The Morgan fingerprint density at radius 3 is 2.57 bits per heavy atom. The van der Waals surface area contributed by atoms with Gasteiger partial charge in [0.25, 0.3) is 11.6 Å². The molecule has 0 unspecified atom stereocenters. The van der Waals surface area contributed by atoms with Gasteiger partial charge in [0.15, 0.2) is 4.80 Å². The Morgan fingerprint density at radius 2 is 1.93 bits per heavy atom. The molecule has 0 aliphatic carbocycles. The summed E-state index contributed by atoms with van der Waals surface area (Å²) in [5.41, 5.74) is 2.94. The number of ether oxygens (including phenoxy) is 1. The Hall–Kier alpha value is -2.84. The maximum absolute atomic E-state index is 12.5. The van der Waals surface area contributed by atoms with E-state index in [1.54, 1.807) is 13.2 Å². The fraction of sp³-hybridized carbons (Fsp3) is 0.300. The number of hydrogen-bond acceptors (Lipinski definition) is 5. The van der Waals surface area contributed by atoms with Gasteiger partial charge in [0, 0.05) is 25.8 Å². The lowest BCUT2D eigenvalue weighted by molar-refractivity contribution is -0.384. The standard InChI is InChI=1S/C20H21N3O4S/c1-3-14-4-6-15(7-5-14)12-19(24)21-20-22(10-11-27-2)17-9-8-16(23(25)26)13-18(17)28-20/h4-9,13H,3,10-12H2,1-2H3. The molecule has 7 nitrogen and oxygen atoms in total. The molecule has 1 amide bonds. The minimum Gasteiger partial charge on any atom is -0.383 e. The average molecular weight is 399 g/mol. The van der Waals surface area contributed by atoms with E-state index in [4.69, 9.17) is 4.74 Å². The summed E-state index contributed by atoms with van der Waals surface area (Å²) in [6.07, 6.45) is 1.16. The third-order valence-electron chi connectivity index (χ3n) is 4.40. The molecular formula is C20H21N3O4S. The summed E-state index contributed by atoms with van der Waals surface area (Å²) in [6.45, 7) is 3.04. The zero-order valence-electron chi connectivity index (χ0n) is 15.8. The molecule has 0 aliphatic rings. The number of fused-ring (bicyclic) bond motifs is 1. The maximum Gasteiger partial charge on any atom is 0.270 e. The first kappa shape index (κ1) is 19.9. The Kier molecular flexibility index (Phi) is 6.33. The van der Waals surface area contributed by atoms with E-state index in [-0.39, 0.29) is 18.0 Å². The van der Waals surface area contributed by atoms with E-state index in [0.29, 0.717) is 22.7 Å². The maximum atomic E-state index is 12.5. The van der Waals surface area contributed by atoms with Crippen LogP contribution in [0.4, 0.5) is 5.69 Å². The quantitative estimate of drug-likeness (QED) is 0.449. The number of amides is 1. The molecule has 3 aromatic rings. The molecule has 0 N–H and O–H groups in total. The van der Waals surface area contributed by atoms with Crippen LogP contribution in [0, 0.1) is 10.1 Å². The summed E-state index contributed by atoms with van der Waals surface area (Å²) in [7, 11) is 1.60. The predicted octanol–water partition coefficient (Wildman–Crippen LogP) is 3.49. The van der Waals surface area contributed by atoms with Crippen LogP contribution < -0.4 is 4.80 Å². The Labute approximate surface area is 166 Å². The summed E-state index contributed by atoms with van der Waals surface area (Å²) >= 11 is 1.27. The summed E-state index contributed by atoms with van der Waals surface area (Å²) in [4.78, 5) is 27.9. The second-order valence-electron chi connectivity index (χ2n) is 6.29. The molecule has 0 fully saturated rings. The van der Waals surface area contributed by atoms with Gasteiger partial charge in [-0.3, -0.25) is 14.9 Å². The highest BCUT2D eigenvalue weighted by molar-refractivity contribution is 7.16. The number of benzene rings is 2. The first-order valence-electron chi connectivity index (χ1n) is 8.94. The smallest absolute Gasteiger partial charge is 0.270 e. The first-order valence-corrected chi connectivity index (χ1v) is 9.75. The summed E-state index contributed by atoms with van der Waals surface area (Å²) in [6, 6.07) is 12.6. The third-order valence-corrected chi connectivity index (χ3v) is 5.44. The van der Waals surface area contributed by atoms with Crippen molar-refractivity contribution in [2.45, 2.75) is 26.3 Å². The van der Waals surface area contributed by atoms with Crippen molar-refractivity contribution in [2.24, 2.45) is 4.99 Å². The number of carbonyl (C=O) groups is 1. The second-order valence-corrected chi connectivity index (χ2v) is 7.30. The monoisotopic (exact) mass is 399 g/mol. The molecule has 0 saturated carbocycles. The van der Waals surface area contributed by atoms with Crippen LogP contribution in [-0.4, -0.2) is 29.1 Å². The topological polar surface area (TPSA) is 86.7 Å². The number of rotatable bonds is 7. The van der Waals surface area contributed by atoms with Gasteiger partial charge in [-0.15, -0.1) is 0 Å². The van der Waals surface area contributed by atoms with E-state index < -0.39 is 4.92 Å². The SMILES string of the molecule is CCc1ccc(CC(=O)N=c2sc3cc([N+](=O)[O-])ccc3n2CCOC)cc1. The third kappa shape index (κ3) is 4.52. The van der Waals surface area contributed by atoms with Crippen LogP contribution in [0.3, 0.4) is 0 Å². The molecular weight excluding hydrogens is 378 g/mol. The fourth-order valence-electron chi connectivity index (χ4n) is 2.87. The lowest BCUT2D eigenvalue weighted by atomic mass is 10.1. The summed E-state index contributed by atoms with van der Waals surface area (Å²) in [5.74, 6) is -0.253. The van der Waals surface area contributed by atoms with Crippen molar-refractivity contribution in [3.05, 3.63) is 68.5 Å². The summed E-state index contributed by atoms with van der Waals surface area (Å²) < 4.78 is 7.73. The van der Waals surface area contributed by atoms with Gasteiger partial charge in [0.05, 0.1) is 28.2 Å². The van der Waals surface area contributed by atoms with Crippen LogP contribution in [-0.2, 0) is 28.9 Å². The van der Waals surface area contributed by atoms with Gasteiger partial charge in [-0.05, 0) is 23.6 Å². The number of nitro groups is 1. The van der Waals surface area contributed by atoms with Crippen molar-refractivity contribution in [1.82, 2.24) is 4.57 Å². The minimum absolute atomic E-state index is 0.0153. The van der Waals surface area contributed by atoms with E-state index in [9.17, 15) is 14.9 Å². The molecule has 146 valence electrons. The molecule has 1 heterocycles. The number of nitrogens with zero attached hydrogens (tertiary/aromatic N) is 3. The molecule has 0 radical (unpaired) electrons. The van der Waals surface area contributed by atoms with Gasteiger partial charge in [0.2, 0.25) is 0 Å². The Morgan fingerprint density at radius 1 is 1.21 bits per heavy atom. The lowest BCUT2D eigenvalue weighted by Gasteiger charge is -2.04. The normalized spacial score (nSPS) is 11.9. The van der Waals surface area contributed by atoms with Crippen LogP contribution in [0.2, 0.25) is 0 Å². The zero-order valence-corrected chi connectivity index (χ0v) is 16.6. The van der Waals surface area contributed by atoms with Gasteiger partial charge in [-0.25, -0.2) is 0 Å². The highest BCUT2D eigenvalue weighted by atomic mass is 32.1. The predicted molar refractivity (Wildman–Crippen MR) is 108 cm³/mol. The van der Waals surface area contributed by atoms with Crippen LogP contribution in [0.5, 0.6) is 0 Å². The van der Waals surface area contributed by atoms with Gasteiger partial charge in [-0.2, -0.15) is 4.99 Å². The molecule has 0 bridgehead atoms. The zero-order chi connectivity index (χ0) is 20.1. The van der Waals surface area contributed by atoms with Gasteiger partial charge >= 0.3 is 0 Å². The molecule has 2 aromatic carbocycles. The van der Waals surface area contributed by atoms with E-state index in [0.717, 1.165) is 17.5 Å². The molecule has 1 aromatic heterocycles. The van der Waals surface area contributed by atoms with Crippen molar-refractivity contribution in [3.63, 3.8) is 0 Å². The first-order chi connectivity index (χ1) is 13.5. The number of methoxy groups -OCH3 is 1. The highest BCUT2D eigenvalue weighted by Gasteiger charge is 2.13. The van der Waals surface area contributed by atoms with Crippen LogP contribution in [0.1, 0.15) is 18.1 Å². The van der Waals surface area contributed by atoms with Crippen molar-refractivity contribution in [1.29, 1.82) is 0 Å². The summed E-state index contributed by atoms with van der Waals surface area (Å²) in [5, 5.41) is 11.0. The number of nitro benzene ring substituents is 1. The van der Waals surface area contributed by atoms with Crippen molar-refractivity contribution in [3.8, 4) is 0 Å². The van der Waals surface area contributed by atoms with Crippen molar-refractivity contribution >= 4 is 33.1 Å². The Bertz CT molecular complexity index is 1070. The van der Waals surface area contributed by atoms with Crippen molar-refractivity contribution < 1.29 is 14.5 Å². The van der Waals surface area contributed by atoms with Crippen LogP contribution in [0.25, 0.3) is 10.2 Å². The van der Waals surface area contributed by atoms with Crippen LogP contribution >= 0.6 is 11.3 Å². The fourth-order valence-corrected chi connectivity index (χ4v) is 3.98. The number of aromatic nitrogens is 1. The lowest BCUT2D eigenvalue weighted by Crippen LogP contribution is -2.19. The van der Waals surface area contributed by atoms with Crippen LogP contribution in [0.15, 0.2) is 47.5 Å². The largest absolute Gasteiger partial charge is 0.383 e. The number of aryl methyl sites for hydroxylation is 1. The minimum atomic E-state index is -0.430. The number of hydrogen-bond donors (Lipinski definition) is 0. The van der Waals surface area contributed by atoms with Gasteiger partial charge in [-0.1, -0.05) is 42.5 Å². The molecule has 0 spiro atoms. The molecule has 3 rings (SSSR count). The van der Waals surface area contributed by atoms with E-state index >= 15 is 0 Å². The molecule has 0 atom stereocenters. The average Bonchev–Trinajstić information content (AvgIpc) is 3.02. The number of thiazole rings is 1. The van der Waals surface area contributed by atoms with Crippen molar-refractivity contribution in [2.75, 3.05) is 13.7 Å². The van der Waals surface area contributed by atoms with Gasteiger partial charge < -0.3 is 9.30 Å². The molecule has 0 aliphatic heterocycles. The van der Waals surface area contributed by atoms with E-state index in [1.165, 1.54) is 29.0 Å². The molecule has 8 heteroatoms. The number of non-ortho nitro benzene ring substituents is 1. The second kappa shape index (κ2) is 8.90. The Balaban J connectivity index is 1.96. The molecule has 28 heavy (non-hydrogen) atoms. The molecule has 0 saturated heterocycles. The van der Waals surface area contributed by atoms with Gasteiger partial charge in [0.1, 0.15) is 0 Å². The number of carbonyl (C=O) groups excluding carboxylic acids is 1. The van der Waals surface area contributed by atoms with E-state index in [1.807, 2.05) is 28.8 Å². The van der Waals surface area contributed by atoms with E-state index in [2.05, 4.69) is 11.9 Å².